The number of carbonyl (C=O) groups is 1. The van der Waals surface area contributed by atoms with Crippen molar-refractivity contribution in [3.63, 3.8) is 0 Å². The summed E-state index contributed by atoms with van der Waals surface area (Å²) in [6.45, 7) is 2.72. The van der Waals surface area contributed by atoms with Crippen molar-refractivity contribution in [3.05, 3.63) is 69.2 Å². The van der Waals surface area contributed by atoms with E-state index in [0.29, 0.717) is 0 Å². The second-order valence-electron chi connectivity index (χ2n) is 6.47. The van der Waals surface area contributed by atoms with Gasteiger partial charge in [-0.25, -0.2) is 5.43 Å². The summed E-state index contributed by atoms with van der Waals surface area (Å²) in [5.41, 5.74) is 4.86. The van der Waals surface area contributed by atoms with E-state index in [1.807, 2.05) is 36.4 Å². The fraction of sp³-hybridized carbons (Fsp3) is 0.300. The number of hydrogen-bond acceptors (Lipinski definition) is 3. The Morgan fingerprint density at radius 2 is 1.96 bits per heavy atom. The maximum absolute atomic E-state index is 12.3. The summed E-state index contributed by atoms with van der Waals surface area (Å²) in [6.07, 6.45) is 3.37. The summed E-state index contributed by atoms with van der Waals surface area (Å²) in [6, 6.07) is 15.7. The Kier molecular flexibility index (Phi) is 6.83. The van der Waals surface area contributed by atoms with E-state index in [2.05, 4.69) is 43.5 Å². The van der Waals surface area contributed by atoms with Crippen molar-refractivity contribution in [1.82, 2.24) is 10.3 Å². The van der Waals surface area contributed by atoms with Crippen molar-refractivity contribution in [2.45, 2.75) is 19.4 Å². The minimum Gasteiger partial charge on any atom is -0.299 e. The Morgan fingerprint density at radius 3 is 2.65 bits per heavy atom. The molecule has 1 saturated heterocycles. The molecule has 6 heteroatoms. The van der Waals surface area contributed by atoms with Crippen LogP contribution in [0, 0.1) is 5.92 Å². The molecule has 0 aliphatic carbocycles. The minimum absolute atomic E-state index is 0.00221. The highest BCUT2D eigenvalue weighted by molar-refractivity contribution is 9.10. The van der Waals surface area contributed by atoms with Crippen LogP contribution in [0.1, 0.15) is 24.0 Å². The Labute approximate surface area is 167 Å². The summed E-state index contributed by atoms with van der Waals surface area (Å²) in [5, 5.41) is 4.84. The van der Waals surface area contributed by atoms with Crippen LogP contribution in [0.2, 0.25) is 5.02 Å². The Bertz CT molecular complexity index is 771. The second-order valence-corrected chi connectivity index (χ2v) is 7.82. The lowest BCUT2D eigenvalue weighted by atomic mass is 9.96. The highest BCUT2D eigenvalue weighted by atomic mass is 79.9. The molecule has 1 amide bonds. The molecular weight excluding hydrogens is 414 g/mol. The first kappa shape index (κ1) is 19.1. The first-order valence-corrected chi connectivity index (χ1v) is 9.82. The molecule has 2 aromatic carbocycles. The molecule has 1 fully saturated rings. The van der Waals surface area contributed by atoms with Gasteiger partial charge in [-0.3, -0.25) is 9.69 Å². The van der Waals surface area contributed by atoms with E-state index in [4.69, 9.17) is 11.6 Å². The molecule has 0 radical (unpaired) electrons. The molecule has 1 heterocycles. The number of likely N-dealkylation sites (tertiary alicyclic amines) is 1. The standard InChI is InChI=1S/C20H21BrClN3O/c21-18-3-1-2-16(12-18)13-23-24-20(26)17-8-10-25(11-9-17)14-15-4-6-19(22)7-5-15/h1-7,12-13,17H,8-11,14H2,(H,24,26). The van der Waals surface area contributed by atoms with Crippen LogP contribution in [0.4, 0.5) is 0 Å². The quantitative estimate of drug-likeness (QED) is 0.557. The number of piperidine rings is 1. The average Bonchev–Trinajstić information content (AvgIpc) is 2.64. The van der Waals surface area contributed by atoms with Gasteiger partial charge in [0.05, 0.1) is 6.21 Å². The van der Waals surface area contributed by atoms with E-state index in [1.54, 1.807) is 6.21 Å². The summed E-state index contributed by atoms with van der Waals surface area (Å²) < 4.78 is 0.987. The van der Waals surface area contributed by atoms with Crippen molar-refractivity contribution >= 4 is 39.7 Å². The van der Waals surface area contributed by atoms with Crippen molar-refractivity contribution < 1.29 is 4.79 Å². The number of carbonyl (C=O) groups excluding carboxylic acids is 1. The highest BCUT2D eigenvalue weighted by Gasteiger charge is 2.24. The molecule has 3 rings (SSSR count). The summed E-state index contributed by atoms with van der Waals surface area (Å²) >= 11 is 9.34. The number of halogens is 2. The molecule has 0 saturated carbocycles. The molecule has 1 N–H and O–H groups in total. The first-order chi connectivity index (χ1) is 12.6. The molecule has 1 aliphatic rings. The van der Waals surface area contributed by atoms with E-state index in [-0.39, 0.29) is 11.8 Å². The molecule has 0 aromatic heterocycles. The van der Waals surface area contributed by atoms with Gasteiger partial charge in [0.15, 0.2) is 0 Å². The Morgan fingerprint density at radius 1 is 1.23 bits per heavy atom. The fourth-order valence-electron chi connectivity index (χ4n) is 3.05. The third-order valence-electron chi connectivity index (χ3n) is 4.51. The van der Waals surface area contributed by atoms with E-state index in [0.717, 1.165) is 47.5 Å². The van der Waals surface area contributed by atoms with Gasteiger partial charge >= 0.3 is 0 Å². The molecule has 0 bridgehead atoms. The molecule has 4 nitrogen and oxygen atoms in total. The number of nitrogens with zero attached hydrogens (tertiary/aromatic N) is 2. The van der Waals surface area contributed by atoms with Crippen molar-refractivity contribution in [2.24, 2.45) is 11.0 Å². The van der Waals surface area contributed by atoms with Crippen LogP contribution in [-0.2, 0) is 11.3 Å². The van der Waals surface area contributed by atoms with Gasteiger partial charge in [-0.2, -0.15) is 5.10 Å². The van der Waals surface area contributed by atoms with Gasteiger partial charge in [0.2, 0.25) is 5.91 Å². The number of amides is 1. The molecular formula is C20H21BrClN3O. The lowest BCUT2D eigenvalue weighted by Crippen LogP contribution is -2.39. The SMILES string of the molecule is O=C(NN=Cc1cccc(Br)c1)C1CCN(Cc2ccc(Cl)cc2)CC1. The molecule has 136 valence electrons. The lowest BCUT2D eigenvalue weighted by Gasteiger charge is -2.30. The maximum atomic E-state index is 12.3. The van der Waals surface area contributed by atoms with E-state index in [1.165, 1.54) is 5.56 Å². The third-order valence-corrected chi connectivity index (χ3v) is 5.26. The molecule has 0 atom stereocenters. The van der Waals surface area contributed by atoms with Crippen LogP contribution < -0.4 is 5.43 Å². The van der Waals surface area contributed by atoms with Crippen LogP contribution >= 0.6 is 27.5 Å². The van der Waals surface area contributed by atoms with Crippen molar-refractivity contribution in [3.8, 4) is 0 Å². The maximum Gasteiger partial charge on any atom is 0.243 e. The Hall–Kier alpha value is -1.69. The highest BCUT2D eigenvalue weighted by Crippen LogP contribution is 2.20. The van der Waals surface area contributed by atoms with Gasteiger partial charge in [-0.05, 0) is 61.3 Å². The van der Waals surface area contributed by atoms with E-state index < -0.39 is 0 Å². The van der Waals surface area contributed by atoms with E-state index in [9.17, 15) is 4.79 Å². The molecule has 2 aromatic rings. The van der Waals surface area contributed by atoms with Crippen LogP contribution in [0.3, 0.4) is 0 Å². The predicted octanol–water partition coefficient (Wildman–Crippen LogP) is 4.46. The normalized spacial score (nSPS) is 16.1. The number of nitrogens with one attached hydrogen (secondary N) is 1. The summed E-state index contributed by atoms with van der Waals surface area (Å²) in [7, 11) is 0. The average molecular weight is 435 g/mol. The smallest absolute Gasteiger partial charge is 0.243 e. The first-order valence-electron chi connectivity index (χ1n) is 8.65. The number of hydrazone groups is 1. The zero-order chi connectivity index (χ0) is 18.4. The largest absolute Gasteiger partial charge is 0.299 e. The monoisotopic (exact) mass is 433 g/mol. The molecule has 0 unspecified atom stereocenters. The fourth-order valence-corrected chi connectivity index (χ4v) is 3.59. The van der Waals surface area contributed by atoms with Crippen LogP contribution in [0.25, 0.3) is 0 Å². The van der Waals surface area contributed by atoms with Gasteiger partial charge in [-0.1, -0.05) is 51.8 Å². The predicted molar refractivity (Wildman–Crippen MR) is 109 cm³/mol. The number of benzene rings is 2. The third kappa shape index (κ3) is 5.66. The summed E-state index contributed by atoms with van der Waals surface area (Å²) in [5.74, 6) is 0.0264. The second kappa shape index (κ2) is 9.31. The molecule has 26 heavy (non-hydrogen) atoms. The van der Waals surface area contributed by atoms with Gasteiger partial charge in [0.1, 0.15) is 0 Å². The number of rotatable bonds is 5. The summed E-state index contributed by atoms with van der Waals surface area (Å²) in [4.78, 5) is 14.7. The zero-order valence-corrected chi connectivity index (χ0v) is 16.7. The van der Waals surface area contributed by atoms with E-state index >= 15 is 0 Å². The van der Waals surface area contributed by atoms with Gasteiger partial charge in [0.25, 0.3) is 0 Å². The van der Waals surface area contributed by atoms with Gasteiger partial charge < -0.3 is 0 Å². The van der Waals surface area contributed by atoms with Crippen molar-refractivity contribution in [2.75, 3.05) is 13.1 Å². The van der Waals surface area contributed by atoms with Gasteiger partial charge in [-0.15, -0.1) is 0 Å². The van der Waals surface area contributed by atoms with Crippen LogP contribution in [-0.4, -0.2) is 30.1 Å². The topological polar surface area (TPSA) is 44.7 Å². The minimum atomic E-state index is 0.00221. The molecule has 0 spiro atoms. The Balaban J connectivity index is 1.43. The zero-order valence-electron chi connectivity index (χ0n) is 14.4. The van der Waals surface area contributed by atoms with Crippen LogP contribution in [0.15, 0.2) is 58.1 Å². The lowest BCUT2D eigenvalue weighted by molar-refractivity contribution is -0.126. The van der Waals surface area contributed by atoms with Crippen LogP contribution in [0.5, 0.6) is 0 Å². The molecule has 1 aliphatic heterocycles. The number of hydrogen-bond donors (Lipinski definition) is 1. The van der Waals surface area contributed by atoms with Crippen molar-refractivity contribution in [1.29, 1.82) is 0 Å². The van der Waals surface area contributed by atoms with Gasteiger partial charge in [0, 0.05) is 22.0 Å².